The van der Waals surface area contributed by atoms with Crippen LogP contribution in [-0.2, 0) is 13.0 Å². The maximum Gasteiger partial charge on any atom is 0.228 e. The summed E-state index contributed by atoms with van der Waals surface area (Å²) < 4.78 is 0. The van der Waals surface area contributed by atoms with Gasteiger partial charge in [-0.1, -0.05) is 0 Å². The normalized spacial score (nSPS) is 24.1. The summed E-state index contributed by atoms with van der Waals surface area (Å²) in [6.07, 6.45) is 4.06. The van der Waals surface area contributed by atoms with E-state index in [0.29, 0.717) is 12.1 Å². The molecule has 0 radical (unpaired) electrons. The Morgan fingerprint density at radius 2 is 2.07 bits per heavy atom. The molecule has 8 heteroatoms. The Morgan fingerprint density at radius 1 is 1.18 bits per heavy atom. The van der Waals surface area contributed by atoms with Crippen LogP contribution in [0.25, 0.3) is 10.9 Å². The molecule has 8 nitrogen and oxygen atoms in total. The summed E-state index contributed by atoms with van der Waals surface area (Å²) in [4.78, 5) is 14.8. The number of aromatic amines is 1. The number of anilines is 3. The molecule has 3 N–H and O–H groups in total. The second-order valence-corrected chi connectivity index (χ2v) is 8.19. The van der Waals surface area contributed by atoms with Crippen LogP contribution in [0.1, 0.15) is 17.7 Å². The first kappa shape index (κ1) is 16.3. The van der Waals surface area contributed by atoms with Crippen molar-refractivity contribution < 1.29 is 0 Å². The zero-order valence-electron chi connectivity index (χ0n) is 15.9. The van der Waals surface area contributed by atoms with Crippen molar-refractivity contribution in [2.75, 3.05) is 36.9 Å². The molecule has 6 rings (SSSR count). The minimum Gasteiger partial charge on any atom is -0.340 e. The fourth-order valence-electron chi connectivity index (χ4n) is 4.73. The van der Waals surface area contributed by atoms with Crippen molar-refractivity contribution in [2.45, 2.75) is 31.5 Å². The third-order valence-electron chi connectivity index (χ3n) is 6.27. The third kappa shape index (κ3) is 2.56. The fraction of sp³-hybridized carbons (Fsp3) is 0.450. The fourth-order valence-corrected chi connectivity index (χ4v) is 4.73. The maximum atomic E-state index is 5.01. The van der Waals surface area contributed by atoms with E-state index in [1.807, 2.05) is 6.20 Å². The molecule has 0 aliphatic carbocycles. The van der Waals surface area contributed by atoms with Crippen LogP contribution in [0.5, 0.6) is 0 Å². The van der Waals surface area contributed by atoms with Crippen molar-refractivity contribution in [3.8, 4) is 0 Å². The molecule has 2 unspecified atom stereocenters. The number of piperazine rings is 1. The number of rotatable bonds is 3. The molecule has 2 saturated heterocycles. The van der Waals surface area contributed by atoms with Crippen LogP contribution in [0, 0.1) is 0 Å². The number of hydrogen-bond donors (Lipinski definition) is 3. The Labute approximate surface area is 163 Å². The van der Waals surface area contributed by atoms with Gasteiger partial charge in [-0.15, -0.1) is 0 Å². The van der Waals surface area contributed by atoms with Crippen LogP contribution in [0.2, 0.25) is 0 Å². The number of benzene rings is 1. The highest BCUT2D eigenvalue weighted by Crippen LogP contribution is 2.35. The van der Waals surface area contributed by atoms with Gasteiger partial charge in [0.1, 0.15) is 5.82 Å². The summed E-state index contributed by atoms with van der Waals surface area (Å²) in [6.45, 7) is 3.96. The van der Waals surface area contributed by atoms with Gasteiger partial charge in [-0.25, -0.2) is 4.98 Å². The molecule has 3 aliphatic heterocycles. The van der Waals surface area contributed by atoms with E-state index >= 15 is 0 Å². The predicted molar refractivity (Wildman–Crippen MR) is 109 cm³/mol. The molecular weight excluding hydrogens is 352 g/mol. The lowest BCUT2D eigenvalue weighted by molar-refractivity contribution is 0.256. The van der Waals surface area contributed by atoms with Gasteiger partial charge in [0.15, 0.2) is 0 Å². The summed E-state index contributed by atoms with van der Waals surface area (Å²) in [6, 6.07) is 7.29. The van der Waals surface area contributed by atoms with Crippen LogP contribution in [0.4, 0.5) is 17.5 Å². The number of hydrogen-bond acceptors (Lipinski definition) is 7. The molecule has 5 heterocycles. The molecule has 3 aromatic rings. The van der Waals surface area contributed by atoms with Crippen LogP contribution >= 0.6 is 0 Å². The number of fused-ring (bicyclic) bond motifs is 4. The van der Waals surface area contributed by atoms with Crippen molar-refractivity contribution in [2.24, 2.45) is 0 Å². The second-order valence-electron chi connectivity index (χ2n) is 8.19. The first-order chi connectivity index (χ1) is 13.7. The smallest absolute Gasteiger partial charge is 0.228 e. The Hall–Kier alpha value is -2.71. The zero-order valence-corrected chi connectivity index (χ0v) is 15.9. The monoisotopic (exact) mass is 376 g/mol. The van der Waals surface area contributed by atoms with E-state index in [9.17, 15) is 0 Å². The highest BCUT2D eigenvalue weighted by atomic mass is 15.4. The number of nitrogens with zero attached hydrogens (tertiary/aromatic N) is 5. The molecule has 2 aromatic heterocycles. The van der Waals surface area contributed by atoms with Gasteiger partial charge < -0.3 is 20.4 Å². The Bertz CT molecular complexity index is 1030. The highest BCUT2D eigenvalue weighted by Gasteiger charge is 2.43. The molecule has 2 fully saturated rings. The summed E-state index contributed by atoms with van der Waals surface area (Å²) in [5, 5.41) is 15.3. The molecule has 0 amide bonds. The van der Waals surface area contributed by atoms with E-state index in [-0.39, 0.29) is 0 Å². The average Bonchev–Trinajstić information content (AvgIpc) is 3.16. The van der Waals surface area contributed by atoms with E-state index in [1.54, 1.807) is 0 Å². The molecule has 0 saturated carbocycles. The molecule has 2 bridgehead atoms. The first-order valence-electron chi connectivity index (χ1n) is 10.0. The van der Waals surface area contributed by atoms with Gasteiger partial charge in [0, 0.05) is 54.9 Å². The third-order valence-corrected chi connectivity index (χ3v) is 6.27. The van der Waals surface area contributed by atoms with E-state index < -0.39 is 0 Å². The number of likely N-dealkylation sites (N-methyl/N-ethyl adjacent to an activating group) is 1. The largest absolute Gasteiger partial charge is 0.340 e. The van der Waals surface area contributed by atoms with Gasteiger partial charge in [0.25, 0.3) is 0 Å². The SMILES string of the molecule is CN1CCc2c(nc(N3C4CNCC3C4)nc2Nc2ccc3[nH]ncc3c2)C1. The molecular formula is C20H24N8. The van der Waals surface area contributed by atoms with Gasteiger partial charge in [0.05, 0.1) is 17.4 Å². The van der Waals surface area contributed by atoms with Crippen LogP contribution < -0.4 is 15.5 Å². The number of aromatic nitrogens is 4. The van der Waals surface area contributed by atoms with Crippen LogP contribution in [0.3, 0.4) is 0 Å². The standard InChI is InChI=1S/C20H24N8/c1-27-5-4-16-18(11-27)24-20(28-14-7-15(28)10-21-9-14)25-19(16)23-13-2-3-17-12(6-13)8-22-26-17/h2-3,6,8,14-15,21H,4-5,7,9-11H2,1H3,(H,22,26)(H,23,24,25). The van der Waals surface area contributed by atoms with E-state index in [0.717, 1.165) is 66.7 Å². The second kappa shape index (κ2) is 6.15. The average molecular weight is 376 g/mol. The minimum atomic E-state index is 0.522. The number of nitrogens with one attached hydrogen (secondary N) is 3. The van der Waals surface area contributed by atoms with Gasteiger partial charge >= 0.3 is 0 Å². The molecule has 3 aliphatic rings. The lowest BCUT2D eigenvalue weighted by Crippen LogP contribution is -2.68. The van der Waals surface area contributed by atoms with Crippen LogP contribution in [0.15, 0.2) is 24.4 Å². The van der Waals surface area contributed by atoms with Crippen molar-refractivity contribution in [3.63, 3.8) is 0 Å². The summed E-state index contributed by atoms with van der Waals surface area (Å²) in [7, 11) is 2.16. The van der Waals surface area contributed by atoms with Crippen molar-refractivity contribution in [3.05, 3.63) is 35.7 Å². The van der Waals surface area contributed by atoms with E-state index in [2.05, 4.69) is 55.9 Å². The molecule has 0 spiro atoms. The summed E-state index contributed by atoms with van der Waals surface area (Å²) in [5.41, 5.74) is 4.48. The summed E-state index contributed by atoms with van der Waals surface area (Å²) >= 11 is 0. The van der Waals surface area contributed by atoms with Gasteiger partial charge in [-0.2, -0.15) is 10.1 Å². The van der Waals surface area contributed by atoms with Crippen LogP contribution in [-0.4, -0.2) is 63.8 Å². The number of piperidine rings is 1. The van der Waals surface area contributed by atoms with Crippen molar-refractivity contribution in [1.82, 2.24) is 30.4 Å². The molecule has 2 atom stereocenters. The van der Waals surface area contributed by atoms with E-state index in [4.69, 9.17) is 9.97 Å². The highest BCUT2D eigenvalue weighted by molar-refractivity contribution is 5.83. The first-order valence-corrected chi connectivity index (χ1v) is 10.0. The molecule has 28 heavy (non-hydrogen) atoms. The Balaban J connectivity index is 1.40. The molecule has 144 valence electrons. The number of H-pyrrole nitrogens is 1. The Kier molecular flexibility index (Phi) is 3.57. The van der Waals surface area contributed by atoms with Crippen molar-refractivity contribution in [1.29, 1.82) is 0 Å². The predicted octanol–water partition coefficient (Wildman–Crippen LogP) is 1.63. The maximum absolute atomic E-state index is 5.01. The van der Waals surface area contributed by atoms with Gasteiger partial charge in [0.2, 0.25) is 5.95 Å². The topological polar surface area (TPSA) is 85.0 Å². The minimum absolute atomic E-state index is 0.522. The lowest BCUT2D eigenvalue weighted by Gasteiger charge is -2.53. The van der Waals surface area contributed by atoms with Gasteiger partial charge in [-0.05, 0) is 38.1 Å². The lowest BCUT2D eigenvalue weighted by atomic mass is 9.89. The quantitative estimate of drug-likeness (QED) is 0.641. The summed E-state index contributed by atoms with van der Waals surface area (Å²) in [5.74, 6) is 1.83. The van der Waals surface area contributed by atoms with E-state index in [1.165, 1.54) is 12.0 Å². The Morgan fingerprint density at radius 3 is 2.93 bits per heavy atom. The zero-order chi connectivity index (χ0) is 18.7. The van der Waals surface area contributed by atoms with Gasteiger partial charge in [-0.3, -0.25) is 5.10 Å². The molecule has 1 aromatic carbocycles. The van der Waals surface area contributed by atoms with Crippen molar-refractivity contribution >= 4 is 28.4 Å².